The lowest BCUT2D eigenvalue weighted by atomic mass is 9.86. The molecule has 0 bridgehead atoms. The van der Waals surface area contributed by atoms with Crippen molar-refractivity contribution in [3.63, 3.8) is 0 Å². The van der Waals surface area contributed by atoms with Gasteiger partial charge in [-0.1, -0.05) is 17.2 Å². The molecule has 1 aliphatic heterocycles. The van der Waals surface area contributed by atoms with E-state index in [0.29, 0.717) is 28.8 Å². The second-order valence-corrected chi connectivity index (χ2v) is 13.2. The molecule has 0 spiro atoms. The van der Waals surface area contributed by atoms with E-state index in [4.69, 9.17) is 4.74 Å². The summed E-state index contributed by atoms with van der Waals surface area (Å²) >= 11 is 0. The van der Waals surface area contributed by atoms with Crippen molar-refractivity contribution in [3.05, 3.63) is 81.2 Å². The van der Waals surface area contributed by atoms with Crippen molar-refractivity contribution in [3.8, 4) is 0 Å². The number of piperidine rings is 1. The number of hydrogen-bond donors (Lipinski definition) is 2. The summed E-state index contributed by atoms with van der Waals surface area (Å²) in [5.74, 6) is -1.83. The van der Waals surface area contributed by atoms with Gasteiger partial charge in [-0.15, -0.1) is 0 Å². The number of hydrogen-bond acceptors (Lipinski definition) is 4. The Labute approximate surface area is 279 Å². The molecule has 1 heterocycles. The molecule has 2 N–H and O–H groups in total. The lowest BCUT2D eigenvalue weighted by Crippen LogP contribution is -2.47. The van der Waals surface area contributed by atoms with E-state index in [9.17, 15) is 50.2 Å². The van der Waals surface area contributed by atoms with Gasteiger partial charge in [0, 0.05) is 13.6 Å². The van der Waals surface area contributed by atoms with Crippen molar-refractivity contribution in [1.82, 2.24) is 15.1 Å². The van der Waals surface area contributed by atoms with Crippen molar-refractivity contribution in [1.29, 1.82) is 0 Å². The first-order chi connectivity index (χ1) is 22.4. The molecule has 3 amide bonds. The molecule has 0 unspecified atom stereocenters. The van der Waals surface area contributed by atoms with Crippen LogP contribution in [0.25, 0.3) is 0 Å². The van der Waals surface area contributed by atoms with Gasteiger partial charge in [0.25, 0.3) is 0 Å². The molecule has 3 atom stereocenters. The number of likely N-dealkylation sites (tertiary alicyclic amines) is 1. The fraction of sp³-hybridized carbons (Fsp3) is 0.500. The molecule has 2 aromatic carbocycles. The molecular formula is C34H40F7N3O5. The normalized spacial score (nSPS) is 18.0. The number of nitrogens with zero attached hydrogens (tertiary/aromatic N) is 2. The van der Waals surface area contributed by atoms with E-state index >= 15 is 0 Å². The Morgan fingerprint density at radius 1 is 1.02 bits per heavy atom. The van der Waals surface area contributed by atoms with Gasteiger partial charge in [0.15, 0.2) is 0 Å². The van der Waals surface area contributed by atoms with Crippen LogP contribution in [0, 0.1) is 12.7 Å². The number of carboxylic acids is 1. The number of urea groups is 1. The number of halogens is 7. The highest BCUT2D eigenvalue weighted by Crippen LogP contribution is 2.41. The van der Waals surface area contributed by atoms with Crippen LogP contribution in [0.4, 0.5) is 40.3 Å². The Morgan fingerprint density at radius 2 is 1.59 bits per heavy atom. The Morgan fingerprint density at radius 3 is 2.08 bits per heavy atom. The van der Waals surface area contributed by atoms with Crippen LogP contribution in [-0.2, 0) is 21.9 Å². The zero-order valence-corrected chi connectivity index (χ0v) is 28.1. The van der Waals surface area contributed by atoms with E-state index in [1.54, 1.807) is 34.6 Å². The van der Waals surface area contributed by atoms with Crippen LogP contribution in [0.2, 0.25) is 0 Å². The molecule has 3 rings (SSSR count). The van der Waals surface area contributed by atoms with E-state index in [2.05, 4.69) is 5.32 Å². The standard InChI is InChI=1S/C34H40F7N3O5/c1-18(13-27(29(45)46)42-30(47)49-32(4,5)6)21-10-11-44(28(16-21)26-9-8-25(35)12-19(26)2)31(48)43(7)20(3)22-14-23(33(36,37)38)17-24(15-22)34(39,40)41/h8-9,12,14-15,17,20,27-28H,10-11,13,16H2,1-7H3,(H,42,47)(H,45,46)/t20-,27-,28-/m1/s1. The lowest BCUT2D eigenvalue weighted by molar-refractivity contribution is -0.143. The van der Waals surface area contributed by atoms with E-state index in [1.165, 1.54) is 37.1 Å². The minimum atomic E-state index is -5.07. The number of benzene rings is 2. The van der Waals surface area contributed by atoms with Crippen LogP contribution in [0.3, 0.4) is 0 Å². The van der Waals surface area contributed by atoms with Crippen molar-refractivity contribution in [2.75, 3.05) is 13.6 Å². The van der Waals surface area contributed by atoms with E-state index in [1.807, 2.05) is 0 Å². The van der Waals surface area contributed by atoms with Crippen LogP contribution in [0.5, 0.6) is 0 Å². The predicted molar refractivity (Wildman–Crippen MR) is 166 cm³/mol. The molecule has 1 saturated heterocycles. The largest absolute Gasteiger partial charge is 0.480 e. The molecule has 0 saturated carbocycles. The lowest BCUT2D eigenvalue weighted by Gasteiger charge is -2.42. The molecule has 0 radical (unpaired) electrons. The van der Waals surface area contributed by atoms with Crippen molar-refractivity contribution in [2.24, 2.45) is 0 Å². The number of amides is 3. The molecule has 0 aliphatic carbocycles. The van der Waals surface area contributed by atoms with Crippen LogP contribution < -0.4 is 5.32 Å². The van der Waals surface area contributed by atoms with E-state index in [0.717, 1.165) is 10.5 Å². The van der Waals surface area contributed by atoms with Crippen LogP contribution in [-0.4, -0.2) is 58.2 Å². The van der Waals surface area contributed by atoms with Gasteiger partial charge in [-0.05, 0) is 108 Å². The minimum absolute atomic E-state index is 0.0180. The number of carbonyl (C=O) groups is 3. The van der Waals surface area contributed by atoms with Gasteiger partial charge in [-0.25, -0.2) is 18.8 Å². The summed E-state index contributed by atoms with van der Waals surface area (Å²) in [5, 5.41) is 12.1. The zero-order chi connectivity index (χ0) is 37.2. The third-order valence-corrected chi connectivity index (χ3v) is 8.39. The van der Waals surface area contributed by atoms with E-state index < -0.39 is 71.1 Å². The van der Waals surface area contributed by atoms with Crippen LogP contribution in [0.1, 0.15) is 93.8 Å². The van der Waals surface area contributed by atoms with Crippen LogP contribution >= 0.6 is 0 Å². The number of ether oxygens (including phenoxy) is 1. The Kier molecular flexibility index (Phi) is 11.7. The number of alkyl halides is 6. The van der Waals surface area contributed by atoms with Crippen LogP contribution in [0.15, 0.2) is 47.5 Å². The fourth-order valence-electron chi connectivity index (χ4n) is 5.68. The number of rotatable bonds is 7. The first-order valence-corrected chi connectivity index (χ1v) is 15.4. The molecule has 49 heavy (non-hydrogen) atoms. The number of carbonyl (C=O) groups excluding carboxylic acids is 2. The van der Waals surface area contributed by atoms with E-state index in [-0.39, 0.29) is 37.4 Å². The molecule has 1 aliphatic rings. The maximum Gasteiger partial charge on any atom is 0.416 e. The average molecular weight is 704 g/mol. The molecule has 15 heteroatoms. The second kappa shape index (κ2) is 14.7. The number of nitrogens with one attached hydrogen (secondary N) is 1. The maximum atomic E-state index is 14.1. The summed E-state index contributed by atoms with van der Waals surface area (Å²) in [6, 6.07) is 1.12. The highest BCUT2D eigenvalue weighted by molar-refractivity contribution is 5.80. The zero-order valence-electron chi connectivity index (χ0n) is 28.1. The molecule has 1 fully saturated rings. The molecule has 2 aromatic rings. The number of aryl methyl sites for hydroxylation is 1. The van der Waals surface area contributed by atoms with Gasteiger partial charge >= 0.3 is 30.4 Å². The monoisotopic (exact) mass is 703 g/mol. The van der Waals surface area contributed by atoms with Crippen molar-refractivity contribution >= 4 is 18.1 Å². The quantitative estimate of drug-likeness (QED) is 0.222. The SMILES string of the molecule is CC(C[C@@H](NC(=O)OC(C)(C)C)C(=O)O)=C1CCN(C(=O)N(C)[C@H](C)c2cc(C(F)(F)F)cc(C(F)(F)F)c2)[C@@H](c2ccc(F)cc2C)C1. The van der Waals surface area contributed by atoms with Crippen molar-refractivity contribution < 1.29 is 55.0 Å². The Balaban J connectivity index is 1.97. The first-order valence-electron chi connectivity index (χ1n) is 15.4. The molecular weight excluding hydrogens is 663 g/mol. The van der Waals surface area contributed by atoms with Gasteiger partial charge in [-0.3, -0.25) is 0 Å². The van der Waals surface area contributed by atoms with Gasteiger partial charge in [0.05, 0.1) is 23.2 Å². The first kappa shape index (κ1) is 39.1. The Bertz CT molecular complexity index is 1570. The average Bonchev–Trinajstić information content (AvgIpc) is 2.97. The summed E-state index contributed by atoms with van der Waals surface area (Å²) in [4.78, 5) is 40.8. The molecule has 0 aromatic heterocycles. The number of carboxylic acid groups (broad SMARTS) is 1. The highest BCUT2D eigenvalue weighted by atomic mass is 19.4. The number of aliphatic carboxylic acids is 1. The van der Waals surface area contributed by atoms with Gasteiger partial charge < -0.3 is 25.0 Å². The van der Waals surface area contributed by atoms with Gasteiger partial charge in [-0.2, -0.15) is 26.3 Å². The fourth-order valence-corrected chi connectivity index (χ4v) is 5.68. The summed E-state index contributed by atoms with van der Waals surface area (Å²) in [6.45, 7) is 9.55. The number of alkyl carbamates (subject to hydrolysis) is 1. The minimum Gasteiger partial charge on any atom is -0.480 e. The predicted octanol–water partition coefficient (Wildman–Crippen LogP) is 8.81. The summed E-state index contributed by atoms with van der Waals surface area (Å²) in [6.07, 6.45) is -10.7. The molecule has 270 valence electrons. The topological polar surface area (TPSA) is 99.2 Å². The second-order valence-electron chi connectivity index (χ2n) is 13.2. The third kappa shape index (κ3) is 10.1. The Hall–Kier alpha value is -4.30. The van der Waals surface area contributed by atoms with Gasteiger partial charge in [0.1, 0.15) is 17.5 Å². The highest BCUT2D eigenvalue weighted by Gasteiger charge is 2.39. The van der Waals surface area contributed by atoms with Gasteiger partial charge in [0.2, 0.25) is 0 Å². The smallest absolute Gasteiger partial charge is 0.416 e. The summed E-state index contributed by atoms with van der Waals surface area (Å²) < 4.78 is 101. The summed E-state index contributed by atoms with van der Waals surface area (Å²) in [5.41, 5.74) is -1.85. The third-order valence-electron chi connectivity index (χ3n) is 8.39. The molecule has 8 nitrogen and oxygen atoms in total. The summed E-state index contributed by atoms with van der Waals surface area (Å²) in [7, 11) is 1.27. The van der Waals surface area contributed by atoms with Crippen molar-refractivity contribution in [2.45, 2.75) is 96.9 Å². The maximum absolute atomic E-state index is 14.1.